The molecule has 0 N–H and O–H groups in total. The molecule has 0 aliphatic heterocycles. The van der Waals surface area contributed by atoms with Crippen LogP contribution in [0.1, 0.15) is 18.1 Å². The highest BCUT2D eigenvalue weighted by Crippen LogP contribution is 2.34. The van der Waals surface area contributed by atoms with Crippen molar-refractivity contribution in [3.63, 3.8) is 0 Å². The summed E-state index contributed by atoms with van der Waals surface area (Å²) in [5.41, 5.74) is -1.09. The van der Waals surface area contributed by atoms with Gasteiger partial charge in [0.05, 0.1) is 18.6 Å². The van der Waals surface area contributed by atoms with Crippen LogP contribution in [0.25, 0.3) is 0 Å². The first-order valence-electron chi connectivity index (χ1n) is 4.71. The van der Waals surface area contributed by atoms with E-state index in [1.165, 1.54) is 6.20 Å². The molecular formula is C10H9BrF3NO2. The van der Waals surface area contributed by atoms with Crippen molar-refractivity contribution in [2.75, 3.05) is 6.61 Å². The Morgan fingerprint density at radius 3 is 2.65 bits per heavy atom. The number of esters is 1. The summed E-state index contributed by atoms with van der Waals surface area (Å²) in [7, 11) is 0. The van der Waals surface area contributed by atoms with Gasteiger partial charge in [-0.2, -0.15) is 13.2 Å². The van der Waals surface area contributed by atoms with E-state index in [1.54, 1.807) is 6.92 Å². The van der Waals surface area contributed by atoms with E-state index in [1.807, 2.05) is 0 Å². The number of carbonyl (C=O) groups is 1. The van der Waals surface area contributed by atoms with Gasteiger partial charge in [-0.1, -0.05) is 0 Å². The molecule has 0 spiro atoms. The van der Waals surface area contributed by atoms with E-state index >= 15 is 0 Å². The highest BCUT2D eigenvalue weighted by molar-refractivity contribution is 9.10. The van der Waals surface area contributed by atoms with Gasteiger partial charge in [0.2, 0.25) is 0 Å². The molecule has 3 nitrogen and oxygen atoms in total. The first-order chi connectivity index (χ1) is 7.86. The fourth-order valence-electron chi connectivity index (χ4n) is 1.24. The van der Waals surface area contributed by atoms with Crippen molar-refractivity contribution >= 4 is 21.9 Å². The maximum Gasteiger partial charge on any atom is 0.418 e. The average Bonchev–Trinajstić information content (AvgIpc) is 2.19. The zero-order valence-electron chi connectivity index (χ0n) is 8.84. The van der Waals surface area contributed by atoms with Gasteiger partial charge in [0.1, 0.15) is 0 Å². The maximum atomic E-state index is 12.7. The molecule has 1 aromatic rings. The lowest BCUT2D eigenvalue weighted by Crippen LogP contribution is -2.15. The van der Waals surface area contributed by atoms with Crippen molar-refractivity contribution in [2.45, 2.75) is 19.5 Å². The summed E-state index contributed by atoms with van der Waals surface area (Å²) in [6, 6.07) is 0. The van der Waals surface area contributed by atoms with Gasteiger partial charge in [0.25, 0.3) is 0 Å². The number of halogens is 4. The normalized spacial score (nSPS) is 11.4. The molecule has 0 unspecified atom stereocenters. The van der Waals surface area contributed by atoms with Crippen LogP contribution >= 0.6 is 15.9 Å². The number of carbonyl (C=O) groups excluding carboxylic acids is 1. The Hall–Kier alpha value is -1.11. The molecule has 0 radical (unpaired) electrons. The van der Waals surface area contributed by atoms with E-state index in [9.17, 15) is 18.0 Å². The Labute approximate surface area is 104 Å². The third kappa shape index (κ3) is 3.69. The minimum Gasteiger partial charge on any atom is -0.466 e. The number of hydrogen-bond donors (Lipinski definition) is 0. The minimum atomic E-state index is -4.54. The summed E-state index contributed by atoms with van der Waals surface area (Å²) in [5.74, 6) is -0.704. The van der Waals surface area contributed by atoms with Gasteiger partial charge in [-0.3, -0.25) is 9.78 Å². The summed E-state index contributed by atoms with van der Waals surface area (Å²) in [6.07, 6.45) is -3.08. The van der Waals surface area contributed by atoms with Gasteiger partial charge in [0.15, 0.2) is 0 Å². The second kappa shape index (κ2) is 5.48. The lowest BCUT2D eigenvalue weighted by molar-refractivity contribution is -0.143. The van der Waals surface area contributed by atoms with E-state index in [-0.39, 0.29) is 16.6 Å². The highest BCUT2D eigenvalue weighted by atomic mass is 79.9. The molecule has 0 aromatic carbocycles. The van der Waals surface area contributed by atoms with Gasteiger partial charge < -0.3 is 4.74 Å². The van der Waals surface area contributed by atoms with Crippen LogP contribution in [0.3, 0.4) is 0 Å². The Balaban J connectivity index is 3.09. The summed E-state index contributed by atoms with van der Waals surface area (Å²) >= 11 is 2.95. The summed E-state index contributed by atoms with van der Waals surface area (Å²) in [4.78, 5) is 14.7. The molecule has 1 rings (SSSR count). The molecule has 17 heavy (non-hydrogen) atoms. The van der Waals surface area contributed by atoms with Crippen molar-refractivity contribution < 1.29 is 22.7 Å². The average molecular weight is 312 g/mol. The molecule has 0 amide bonds. The molecule has 0 atom stereocenters. The summed E-state index contributed by atoms with van der Waals surface area (Å²) < 4.78 is 42.7. The Morgan fingerprint density at radius 1 is 1.47 bits per heavy atom. The molecule has 7 heteroatoms. The number of alkyl halides is 3. The SMILES string of the molecule is CCOC(=O)Cc1c(Br)cncc1C(F)(F)F. The van der Waals surface area contributed by atoms with Crippen LogP contribution in [-0.4, -0.2) is 17.6 Å². The molecule has 94 valence electrons. The third-order valence-electron chi connectivity index (χ3n) is 1.94. The molecule has 0 aliphatic carbocycles. The molecule has 1 heterocycles. The largest absolute Gasteiger partial charge is 0.466 e. The van der Waals surface area contributed by atoms with Crippen molar-refractivity contribution in [3.05, 3.63) is 28.0 Å². The minimum absolute atomic E-state index is 0.128. The second-order valence-corrected chi connectivity index (χ2v) is 3.98. The summed E-state index contributed by atoms with van der Waals surface area (Å²) in [6.45, 7) is 1.72. The fraction of sp³-hybridized carbons (Fsp3) is 0.400. The number of aromatic nitrogens is 1. The summed E-state index contributed by atoms with van der Waals surface area (Å²) in [5, 5.41) is 0. The van der Waals surface area contributed by atoms with Crippen molar-refractivity contribution in [2.24, 2.45) is 0 Å². The van der Waals surface area contributed by atoms with E-state index in [4.69, 9.17) is 0 Å². The van der Waals surface area contributed by atoms with E-state index in [0.29, 0.717) is 6.20 Å². The molecular weight excluding hydrogens is 303 g/mol. The van der Waals surface area contributed by atoms with E-state index in [2.05, 4.69) is 25.7 Å². The zero-order chi connectivity index (χ0) is 13.1. The highest BCUT2D eigenvalue weighted by Gasteiger charge is 2.35. The predicted octanol–water partition coefficient (Wildman–Crippen LogP) is 2.97. The fourth-order valence-corrected chi connectivity index (χ4v) is 1.71. The number of ether oxygens (including phenoxy) is 1. The Morgan fingerprint density at radius 2 is 2.12 bits per heavy atom. The Bertz CT molecular complexity index is 421. The van der Waals surface area contributed by atoms with Gasteiger partial charge in [-0.05, 0) is 28.4 Å². The van der Waals surface area contributed by atoms with Crippen molar-refractivity contribution in [1.82, 2.24) is 4.98 Å². The van der Waals surface area contributed by atoms with Gasteiger partial charge >= 0.3 is 12.1 Å². The lowest BCUT2D eigenvalue weighted by Gasteiger charge is -2.13. The standard InChI is InChI=1S/C10H9BrF3NO2/c1-2-17-9(16)3-6-7(10(12,13)14)4-15-5-8(6)11/h4-5H,2-3H2,1H3. The van der Waals surface area contributed by atoms with Crippen LogP contribution in [-0.2, 0) is 22.1 Å². The smallest absolute Gasteiger partial charge is 0.418 e. The van der Waals surface area contributed by atoms with Gasteiger partial charge in [-0.25, -0.2) is 0 Å². The number of rotatable bonds is 3. The predicted molar refractivity (Wildman–Crippen MR) is 57.3 cm³/mol. The zero-order valence-corrected chi connectivity index (χ0v) is 10.4. The lowest BCUT2D eigenvalue weighted by atomic mass is 10.1. The first-order valence-corrected chi connectivity index (χ1v) is 5.50. The monoisotopic (exact) mass is 311 g/mol. The van der Waals surface area contributed by atoms with E-state index < -0.39 is 24.1 Å². The van der Waals surface area contributed by atoms with Crippen LogP contribution in [0.15, 0.2) is 16.9 Å². The van der Waals surface area contributed by atoms with Gasteiger partial charge in [-0.15, -0.1) is 0 Å². The van der Waals surface area contributed by atoms with Gasteiger partial charge in [0, 0.05) is 16.9 Å². The van der Waals surface area contributed by atoms with E-state index in [0.717, 1.165) is 0 Å². The number of nitrogens with zero attached hydrogens (tertiary/aromatic N) is 1. The maximum absolute atomic E-state index is 12.7. The molecule has 0 saturated carbocycles. The number of pyridine rings is 1. The number of hydrogen-bond acceptors (Lipinski definition) is 3. The Kier molecular flexibility index (Phi) is 4.50. The molecule has 1 aromatic heterocycles. The van der Waals surface area contributed by atoms with Crippen LogP contribution in [0.4, 0.5) is 13.2 Å². The quantitative estimate of drug-likeness (QED) is 0.806. The third-order valence-corrected chi connectivity index (χ3v) is 2.62. The van der Waals surface area contributed by atoms with Crippen molar-refractivity contribution in [3.8, 4) is 0 Å². The van der Waals surface area contributed by atoms with Crippen LogP contribution < -0.4 is 0 Å². The topological polar surface area (TPSA) is 39.2 Å². The molecule has 0 saturated heterocycles. The first kappa shape index (κ1) is 14.0. The van der Waals surface area contributed by atoms with Crippen LogP contribution in [0.5, 0.6) is 0 Å². The van der Waals surface area contributed by atoms with Crippen LogP contribution in [0.2, 0.25) is 0 Å². The van der Waals surface area contributed by atoms with Crippen LogP contribution in [0, 0.1) is 0 Å². The molecule has 0 fully saturated rings. The molecule has 0 aliphatic rings. The molecule has 0 bridgehead atoms. The van der Waals surface area contributed by atoms with Crippen molar-refractivity contribution in [1.29, 1.82) is 0 Å². The second-order valence-electron chi connectivity index (χ2n) is 3.13.